The van der Waals surface area contributed by atoms with Gasteiger partial charge in [-0.15, -0.1) is 0 Å². The molecule has 1 aliphatic rings. The van der Waals surface area contributed by atoms with E-state index in [9.17, 15) is 4.79 Å². The maximum atomic E-state index is 12.0. The lowest BCUT2D eigenvalue weighted by Crippen LogP contribution is -2.35. The molecular weight excluding hydrogens is 320 g/mol. The van der Waals surface area contributed by atoms with Crippen LogP contribution in [0.5, 0.6) is 5.75 Å². The van der Waals surface area contributed by atoms with E-state index in [4.69, 9.17) is 16.3 Å². The second-order valence-corrected chi connectivity index (χ2v) is 5.40. The van der Waals surface area contributed by atoms with Crippen molar-refractivity contribution in [2.75, 3.05) is 19.0 Å². The average Bonchev–Trinajstić information content (AvgIpc) is 2.81. The minimum atomic E-state index is -0.132. The number of methoxy groups -OCH3 is 1. The van der Waals surface area contributed by atoms with Gasteiger partial charge in [0.2, 0.25) is 5.91 Å². The number of amides is 1. The number of hydrogen-bond donors (Lipinski definition) is 2. The summed E-state index contributed by atoms with van der Waals surface area (Å²) in [5.41, 5.74) is 0.579. The van der Waals surface area contributed by atoms with Crippen molar-refractivity contribution in [3.05, 3.63) is 21.6 Å². The van der Waals surface area contributed by atoms with Gasteiger partial charge in [0.15, 0.2) is 5.75 Å². The highest BCUT2D eigenvalue weighted by molar-refractivity contribution is 9.10. The van der Waals surface area contributed by atoms with Crippen LogP contribution in [0.15, 0.2) is 16.6 Å². The predicted molar refractivity (Wildman–Crippen MR) is 75.4 cm³/mol. The number of hydrogen-bond acceptors (Lipinski definition) is 3. The number of ether oxygens (including phenoxy) is 1. The molecule has 0 aliphatic carbocycles. The van der Waals surface area contributed by atoms with Crippen molar-refractivity contribution in [2.45, 2.75) is 18.9 Å². The third kappa shape index (κ3) is 2.96. The third-order valence-corrected chi connectivity index (χ3v) is 3.65. The van der Waals surface area contributed by atoms with Crippen LogP contribution in [-0.2, 0) is 4.79 Å². The van der Waals surface area contributed by atoms with Gasteiger partial charge in [0.1, 0.15) is 0 Å². The first-order chi connectivity index (χ1) is 8.61. The summed E-state index contributed by atoms with van der Waals surface area (Å²) >= 11 is 9.32. The van der Waals surface area contributed by atoms with Crippen LogP contribution < -0.4 is 15.4 Å². The van der Waals surface area contributed by atoms with Crippen LogP contribution >= 0.6 is 27.5 Å². The average molecular weight is 334 g/mol. The molecule has 0 unspecified atom stereocenters. The molecule has 2 N–H and O–H groups in total. The summed E-state index contributed by atoms with van der Waals surface area (Å²) < 4.78 is 5.97. The second-order valence-electron chi connectivity index (χ2n) is 4.11. The van der Waals surface area contributed by atoms with Crippen LogP contribution in [0.1, 0.15) is 12.8 Å². The summed E-state index contributed by atoms with van der Waals surface area (Å²) in [5.74, 6) is 0.519. The van der Waals surface area contributed by atoms with Gasteiger partial charge in [-0.2, -0.15) is 0 Å². The molecule has 0 spiro atoms. The van der Waals surface area contributed by atoms with Gasteiger partial charge in [0.25, 0.3) is 0 Å². The van der Waals surface area contributed by atoms with Crippen LogP contribution in [0, 0.1) is 0 Å². The van der Waals surface area contributed by atoms with E-state index < -0.39 is 0 Å². The Morgan fingerprint density at radius 2 is 2.39 bits per heavy atom. The molecule has 6 heteroatoms. The number of halogens is 2. The Morgan fingerprint density at radius 3 is 3.00 bits per heavy atom. The molecule has 1 atom stereocenters. The third-order valence-electron chi connectivity index (χ3n) is 2.85. The number of carbonyl (C=O) groups is 1. The van der Waals surface area contributed by atoms with E-state index in [1.54, 1.807) is 19.2 Å². The molecule has 0 bridgehead atoms. The zero-order valence-corrected chi connectivity index (χ0v) is 12.3. The number of rotatable bonds is 3. The van der Waals surface area contributed by atoms with E-state index >= 15 is 0 Å². The van der Waals surface area contributed by atoms with E-state index in [-0.39, 0.29) is 11.9 Å². The first kappa shape index (κ1) is 13.6. The van der Waals surface area contributed by atoms with E-state index in [0.29, 0.717) is 20.9 Å². The quantitative estimate of drug-likeness (QED) is 0.894. The lowest BCUT2D eigenvalue weighted by molar-refractivity contribution is -0.117. The van der Waals surface area contributed by atoms with E-state index in [0.717, 1.165) is 19.4 Å². The van der Waals surface area contributed by atoms with Crippen molar-refractivity contribution < 1.29 is 9.53 Å². The Labute approximate surface area is 119 Å². The predicted octanol–water partition coefficient (Wildman–Crippen LogP) is 2.80. The van der Waals surface area contributed by atoms with E-state index in [2.05, 4.69) is 26.6 Å². The van der Waals surface area contributed by atoms with Crippen LogP contribution in [0.4, 0.5) is 5.69 Å². The highest BCUT2D eigenvalue weighted by atomic mass is 79.9. The summed E-state index contributed by atoms with van der Waals surface area (Å²) in [6.45, 7) is 0.883. The molecule has 1 fully saturated rings. The minimum Gasteiger partial charge on any atom is -0.493 e. The van der Waals surface area contributed by atoms with Gasteiger partial charge >= 0.3 is 0 Å². The highest BCUT2D eigenvalue weighted by Gasteiger charge is 2.23. The second kappa shape index (κ2) is 5.91. The first-order valence-electron chi connectivity index (χ1n) is 5.69. The van der Waals surface area contributed by atoms with E-state index in [1.807, 2.05) is 0 Å². The van der Waals surface area contributed by atoms with Crippen LogP contribution in [0.3, 0.4) is 0 Å². The zero-order chi connectivity index (χ0) is 13.1. The smallest absolute Gasteiger partial charge is 0.241 e. The maximum absolute atomic E-state index is 12.0. The van der Waals surface area contributed by atoms with Crippen molar-refractivity contribution in [1.82, 2.24) is 5.32 Å². The summed E-state index contributed by atoms with van der Waals surface area (Å²) in [6, 6.07) is 3.27. The number of nitrogens with one attached hydrogen (secondary N) is 2. The van der Waals surface area contributed by atoms with Gasteiger partial charge in [-0.1, -0.05) is 11.6 Å². The molecule has 0 saturated carbocycles. The SMILES string of the molecule is COc1c(Br)cc(Cl)cc1NC(=O)[C@@H]1CCCN1. The van der Waals surface area contributed by atoms with Gasteiger partial charge in [-0.05, 0) is 47.4 Å². The molecule has 4 nitrogen and oxygen atoms in total. The molecule has 1 heterocycles. The molecule has 1 saturated heterocycles. The molecule has 0 aromatic heterocycles. The van der Waals surface area contributed by atoms with Crippen LogP contribution in [0.2, 0.25) is 5.02 Å². The van der Waals surface area contributed by atoms with Gasteiger partial charge in [0, 0.05) is 5.02 Å². The summed E-state index contributed by atoms with van der Waals surface area (Å²) in [5, 5.41) is 6.53. The van der Waals surface area contributed by atoms with Gasteiger partial charge in [0.05, 0.1) is 23.3 Å². The monoisotopic (exact) mass is 332 g/mol. The minimum absolute atomic E-state index is 0.0556. The van der Waals surface area contributed by atoms with Crippen molar-refractivity contribution in [2.24, 2.45) is 0 Å². The molecular formula is C12H14BrClN2O2. The van der Waals surface area contributed by atoms with Crippen molar-refractivity contribution in [3.8, 4) is 5.75 Å². The molecule has 0 radical (unpaired) electrons. The Kier molecular flexibility index (Phi) is 4.48. The number of carbonyl (C=O) groups excluding carboxylic acids is 1. The first-order valence-corrected chi connectivity index (χ1v) is 6.86. The molecule has 2 rings (SSSR count). The Bertz CT molecular complexity index is 462. The lowest BCUT2D eigenvalue weighted by Gasteiger charge is -2.15. The van der Waals surface area contributed by atoms with Gasteiger partial charge < -0.3 is 15.4 Å². The summed E-state index contributed by atoms with van der Waals surface area (Å²) in [7, 11) is 1.55. The van der Waals surface area contributed by atoms with Crippen molar-refractivity contribution in [1.29, 1.82) is 0 Å². The van der Waals surface area contributed by atoms with Crippen molar-refractivity contribution >= 4 is 39.1 Å². The largest absolute Gasteiger partial charge is 0.493 e. The number of benzene rings is 1. The summed E-state index contributed by atoms with van der Waals surface area (Å²) in [4.78, 5) is 12.0. The fourth-order valence-corrected chi connectivity index (χ4v) is 2.96. The zero-order valence-electron chi connectivity index (χ0n) is 9.93. The molecule has 1 aromatic carbocycles. The van der Waals surface area contributed by atoms with Crippen LogP contribution in [0.25, 0.3) is 0 Å². The van der Waals surface area contributed by atoms with Gasteiger partial charge in [-0.3, -0.25) is 4.79 Å². The normalized spacial score (nSPS) is 18.7. The van der Waals surface area contributed by atoms with Gasteiger partial charge in [-0.25, -0.2) is 0 Å². The lowest BCUT2D eigenvalue weighted by atomic mass is 10.2. The molecule has 98 valence electrons. The highest BCUT2D eigenvalue weighted by Crippen LogP contribution is 2.36. The Balaban J connectivity index is 2.19. The molecule has 1 aromatic rings. The topological polar surface area (TPSA) is 50.4 Å². The van der Waals surface area contributed by atoms with E-state index in [1.165, 1.54) is 0 Å². The maximum Gasteiger partial charge on any atom is 0.241 e. The van der Waals surface area contributed by atoms with Crippen molar-refractivity contribution in [3.63, 3.8) is 0 Å². The summed E-state index contributed by atoms with van der Waals surface area (Å²) in [6.07, 6.45) is 1.88. The standard InChI is InChI=1S/C12H14BrClN2O2/c1-18-11-8(13)5-7(14)6-10(11)16-12(17)9-3-2-4-15-9/h5-6,9,15H,2-4H2,1H3,(H,16,17)/t9-/m0/s1. The Morgan fingerprint density at radius 1 is 1.61 bits per heavy atom. The Hall–Kier alpha value is -0.780. The number of anilines is 1. The molecule has 18 heavy (non-hydrogen) atoms. The molecule has 1 amide bonds. The van der Waals surface area contributed by atoms with Crippen LogP contribution in [-0.4, -0.2) is 25.6 Å². The fraction of sp³-hybridized carbons (Fsp3) is 0.417. The molecule has 1 aliphatic heterocycles. The fourth-order valence-electron chi connectivity index (χ4n) is 1.99.